The van der Waals surface area contributed by atoms with Crippen LogP contribution in [0, 0.1) is 18.3 Å². The molecular weight excluding hydrogens is 440 g/mol. The first-order valence-electron chi connectivity index (χ1n) is 11.9. The zero-order valence-electron chi connectivity index (χ0n) is 19.6. The normalized spacial score (nSPS) is 11.4. The smallest absolute Gasteiger partial charge is 0.162 e. The van der Waals surface area contributed by atoms with Gasteiger partial charge in [-0.3, -0.25) is 4.40 Å². The molecule has 0 aliphatic carbocycles. The van der Waals surface area contributed by atoms with Crippen molar-refractivity contribution < 1.29 is 0 Å². The maximum absolute atomic E-state index is 9.61. The van der Waals surface area contributed by atoms with Gasteiger partial charge in [-0.05, 0) is 42.6 Å². The molecule has 0 aliphatic heterocycles. The number of pyridine rings is 1. The fourth-order valence-corrected chi connectivity index (χ4v) is 5.17. The molecule has 0 saturated carbocycles. The van der Waals surface area contributed by atoms with Crippen LogP contribution < -0.4 is 0 Å². The Morgan fingerprint density at radius 3 is 2.11 bits per heavy atom. The summed E-state index contributed by atoms with van der Waals surface area (Å²) < 4.78 is 2.23. The van der Waals surface area contributed by atoms with E-state index >= 15 is 0 Å². The highest BCUT2D eigenvalue weighted by molar-refractivity contribution is 6.16. The maximum Gasteiger partial charge on any atom is 0.162 e. The van der Waals surface area contributed by atoms with E-state index in [0.717, 1.165) is 55.0 Å². The molecule has 7 rings (SSSR count). The summed E-state index contributed by atoms with van der Waals surface area (Å²) in [6.45, 7) is 2.11. The third-order valence-electron chi connectivity index (χ3n) is 6.85. The van der Waals surface area contributed by atoms with Crippen LogP contribution in [0.2, 0.25) is 0 Å². The van der Waals surface area contributed by atoms with Crippen LogP contribution in [0.5, 0.6) is 0 Å². The van der Waals surface area contributed by atoms with E-state index in [-0.39, 0.29) is 0 Å². The van der Waals surface area contributed by atoms with Gasteiger partial charge in [0.05, 0.1) is 28.4 Å². The number of hydrogen-bond donors (Lipinski definition) is 0. The van der Waals surface area contributed by atoms with Crippen molar-refractivity contribution in [3.8, 4) is 28.7 Å². The highest BCUT2D eigenvalue weighted by atomic mass is 15.0. The van der Waals surface area contributed by atoms with Crippen LogP contribution in [0.15, 0.2) is 103 Å². The average molecular weight is 461 g/mol. The number of rotatable bonds is 2. The van der Waals surface area contributed by atoms with Gasteiger partial charge in [-0.2, -0.15) is 5.26 Å². The lowest BCUT2D eigenvalue weighted by Gasteiger charge is -2.11. The lowest BCUT2D eigenvalue weighted by Crippen LogP contribution is -1.97. The Labute approximate surface area is 207 Å². The van der Waals surface area contributed by atoms with E-state index in [1.54, 1.807) is 0 Å². The Morgan fingerprint density at radius 1 is 0.639 bits per heavy atom. The quantitative estimate of drug-likeness (QED) is 0.248. The molecule has 0 aliphatic rings. The molecular formula is C32H20N4. The SMILES string of the molecule is Cc1ccc2c3cc(C#N)ccc3n3c(cc4c(-c5ccccc5)nc(-c5ccccc5)nc43)c2c1. The first kappa shape index (κ1) is 20.4. The monoisotopic (exact) mass is 460 g/mol. The Morgan fingerprint density at radius 2 is 1.36 bits per heavy atom. The molecule has 36 heavy (non-hydrogen) atoms. The first-order chi connectivity index (χ1) is 17.7. The van der Waals surface area contributed by atoms with Crippen molar-refractivity contribution in [2.45, 2.75) is 6.92 Å². The summed E-state index contributed by atoms with van der Waals surface area (Å²) in [7, 11) is 0. The second-order valence-electron chi connectivity index (χ2n) is 9.12. The van der Waals surface area contributed by atoms with E-state index in [4.69, 9.17) is 9.97 Å². The van der Waals surface area contributed by atoms with Crippen LogP contribution in [0.3, 0.4) is 0 Å². The standard InChI is InChI=1S/C32H20N4/c1-20-12-14-24-25(16-20)29-18-27-30(22-8-4-2-5-9-22)34-31(23-10-6-3-7-11-23)35-32(27)36(29)28-15-13-21(19-33)17-26(24)28/h2-18H,1H3. The molecule has 0 unspecified atom stereocenters. The Hall–Kier alpha value is -5.01. The summed E-state index contributed by atoms with van der Waals surface area (Å²) in [6, 6.07) is 37.3. The van der Waals surface area contributed by atoms with E-state index in [9.17, 15) is 5.26 Å². The highest BCUT2D eigenvalue weighted by Gasteiger charge is 2.19. The van der Waals surface area contributed by atoms with Gasteiger partial charge in [0.1, 0.15) is 5.65 Å². The van der Waals surface area contributed by atoms with E-state index in [0.29, 0.717) is 11.4 Å². The molecule has 0 radical (unpaired) electrons. The van der Waals surface area contributed by atoms with Gasteiger partial charge in [0, 0.05) is 27.3 Å². The lowest BCUT2D eigenvalue weighted by molar-refractivity contribution is 1.18. The van der Waals surface area contributed by atoms with Crippen LogP contribution >= 0.6 is 0 Å². The second-order valence-corrected chi connectivity index (χ2v) is 9.12. The number of benzene rings is 4. The minimum atomic E-state index is 0.643. The number of hydrogen-bond acceptors (Lipinski definition) is 3. The van der Waals surface area contributed by atoms with Crippen LogP contribution in [0.4, 0.5) is 0 Å². The van der Waals surface area contributed by atoms with E-state index in [1.807, 2.05) is 66.7 Å². The predicted molar refractivity (Wildman–Crippen MR) is 146 cm³/mol. The van der Waals surface area contributed by atoms with E-state index < -0.39 is 0 Å². The number of nitriles is 1. The largest absolute Gasteiger partial charge is 0.293 e. The molecule has 0 atom stereocenters. The Kier molecular flexibility index (Phi) is 4.39. The topological polar surface area (TPSA) is 54.0 Å². The molecule has 0 fully saturated rings. The zero-order valence-corrected chi connectivity index (χ0v) is 19.6. The summed E-state index contributed by atoms with van der Waals surface area (Å²) in [5.41, 5.74) is 7.72. The third kappa shape index (κ3) is 3.00. The van der Waals surface area contributed by atoms with Gasteiger partial charge >= 0.3 is 0 Å². The molecule has 168 valence electrons. The molecule has 0 bridgehead atoms. The Bertz CT molecular complexity index is 2000. The van der Waals surface area contributed by atoms with E-state index in [1.165, 1.54) is 5.56 Å². The van der Waals surface area contributed by atoms with Crippen molar-refractivity contribution in [1.82, 2.24) is 14.4 Å². The molecule has 4 nitrogen and oxygen atoms in total. The molecule has 3 aromatic heterocycles. The van der Waals surface area contributed by atoms with Crippen LogP contribution in [0.25, 0.3) is 60.9 Å². The van der Waals surface area contributed by atoms with Gasteiger partial charge in [-0.15, -0.1) is 0 Å². The second kappa shape index (κ2) is 7.76. The summed E-state index contributed by atoms with van der Waals surface area (Å²) >= 11 is 0. The van der Waals surface area contributed by atoms with Gasteiger partial charge in [-0.25, -0.2) is 9.97 Å². The van der Waals surface area contributed by atoms with Gasteiger partial charge in [0.25, 0.3) is 0 Å². The molecule has 0 spiro atoms. The molecule has 4 heteroatoms. The van der Waals surface area contributed by atoms with Gasteiger partial charge < -0.3 is 0 Å². The Balaban J connectivity index is 1.73. The fraction of sp³-hybridized carbons (Fsp3) is 0.0312. The first-order valence-corrected chi connectivity index (χ1v) is 11.9. The van der Waals surface area contributed by atoms with Gasteiger partial charge in [-0.1, -0.05) is 78.4 Å². The van der Waals surface area contributed by atoms with Crippen molar-refractivity contribution in [3.05, 3.63) is 114 Å². The maximum atomic E-state index is 9.61. The predicted octanol–water partition coefficient (Wildman–Crippen LogP) is 7.70. The summed E-state index contributed by atoms with van der Waals surface area (Å²) in [4.78, 5) is 10.2. The van der Waals surface area contributed by atoms with Crippen molar-refractivity contribution in [3.63, 3.8) is 0 Å². The molecule has 4 aromatic carbocycles. The minimum Gasteiger partial charge on any atom is -0.293 e. The zero-order chi connectivity index (χ0) is 24.2. The molecule has 3 heterocycles. The van der Waals surface area contributed by atoms with Crippen molar-refractivity contribution in [2.24, 2.45) is 0 Å². The summed E-state index contributed by atoms with van der Waals surface area (Å²) in [6.07, 6.45) is 0. The third-order valence-corrected chi connectivity index (χ3v) is 6.85. The number of nitrogens with zero attached hydrogens (tertiary/aromatic N) is 4. The van der Waals surface area contributed by atoms with Crippen LogP contribution in [0.1, 0.15) is 11.1 Å². The lowest BCUT2D eigenvalue weighted by atomic mass is 10.0. The number of aromatic nitrogens is 3. The van der Waals surface area contributed by atoms with Crippen LogP contribution in [-0.2, 0) is 0 Å². The average Bonchev–Trinajstić information content (AvgIpc) is 3.33. The van der Waals surface area contributed by atoms with Crippen molar-refractivity contribution in [2.75, 3.05) is 0 Å². The van der Waals surface area contributed by atoms with Gasteiger partial charge in [0.15, 0.2) is 5.82 Å². The van der Waals surface area contributed by atoms with E-state index in [2.05, 4.69) is 53.8 Å². The van der Waals surface area contributed by atoms with Crippen LogP contribution in [-0.4, -0.2) is 14.4 Å². The number of aryl methyl sites for hydroxylation is 1. The van der Waals surface area contributed by atoms with Crippen molar-refractivity contribution in [1.29, 1.82) is 5.26 Å². The van der Waals surface area contributed by atoms with Gasteiger partial charge in [0.2, 0.25) is 0 Å². The fourth-order valence-electron chi connectivity index (χ4n) is 5.17. The molecule has 0 N–H and O–H groups in total. The highest BCUT2D eigenvalue weighted by Crippen LogP contribution is 2.38. The summed E-state index contributed by atoms with van der Waals surface area (Å²) in [5, 5.41) is 13.9. The van der Waals surface area contributed by atoms with Crippen molar-refractivity contribution >= 4 is 38.2 Å². The number of fused-ring (bicyclic) bond motifs is 8. The molecule has 0 saturated heterocycles. The minimum absolute atomic E-state index is 0.643. The molecule has 7 aromatic rings. The molecule has 0 amide bonds. The summed E-state index contributed by atoms with van der Waals surface area (Å²) in [5.74, 6) is 0.688.